The molecular formula is C21H21ClN6O. The average molecular weight is 409 g/mol. The Kier molecular flexibility index (Phi) is 4.69. The lowest BCUT2D eigenvalue weighted by Gasteiger charge is -2.29. The first-order chi connectivity index (χ1) is 14.2. The minimum atomic E-state index is 0.348. The molecule has 4 heterocycles. The van der Waals surface area contributed by atoms with Crippen molar-refractivity contribution in [1.29, 1.82) is 0 Å². The molecule has 7 nitrogen and oxygen atoms in total. The van der Waals surface area contributed by atoms with E-state index in [1.807, 2.05) is 39.7 Å². The number of morpholine rings is 1. The zero-order valence-corrected chi connectivity index (χ0v) is 16.9. The maximum atomic E-state index is 6.02. The van der Waals surface area contributed by atoms with Crippen LogP contribution >= 0.6 is 11.6 Å². The van der Waals surface area contributed by atoms with Gasteiger partial charge in [-0.15, -0.1) is 11.6 Å². The minimum absolute atomic E-state index is 0.348. The fourth-order valence-electron chi connectivity index (χ4n) is 3.60. The number of halogens is 1. The van der Waals surface area contributed by atoms with Gasteiger partial charge in [0.05, 0.1) is 30.5 Å². The number of hydrogen-bond donors (Lipinski definition) is 0. The normalized spacial score (nSPS) is 14.6. The Morgan fingerprint density at radius 3 is 2.72 bits per heavy atom. The largest absolute Gasteiger partial charge is 0.378 e. The van der Waals surface area contributed by atoms with Crippen molar-refractivity contribution >= 4 is 23.1 Å². The van der Waals surface area contributed by atoms with E-state index in [-0.39, 0.29) is 0 Å². The molecule has 1 saturated heterocycles. The number of ether oxygens (including phenoxy) is 1. The van der Waals surface area contributed by atoms with Crippen LogP contribution in [-0.2, 0) is 10.6 Å². The van der Waals surface area contributed by atoms with E-state index in [9.17, 15) is 0 Å². The van der Waals surface area contributed by atoms with Crippen LogP contribution in [-0.4, -0.2) is 50.7 Å². The standard InChI is InChI=1S/C21H21ClN6O/c1-15-3-2-4-16(11-15)18-5-6-27(25-18)19-13-21(26-7-9-29-10-8-26)28-20(23-19)12-17(14-22)24-28/h2-6,11-13H,7-10,14H2,1H3. The summed E-state index contributed by atoms with van der Waals surface area (Å²) in [5.74, 6) is 2.07. The van der Waals surface area contributed by atoms with Crippen LogP contribution < -0.4 is 4.90 Å². The third kappa shape index (κ3) is 3.47. The monoisotopic (exact) mass is 408 g/mol. The van der Waals surface area contributed by atoms with E-state index < -0.39 is 0 Å². The molecule has 0 amide bonds. The lowest BCUT2D eigenvalue weighted by Crippen LogP contribution is -2.37. The summed E-state index contributed by atoms with van der Waals surface area (Å²) < 4.78 is 9.18. The topological polar surface area (TPSA) is 60.5 Å². The molecule has 0 radical (unpaired) electrons. The number of fused-ring (bicyclic) bond motifs is 1. The van der Waals surface area contributed by atoms with Crippen molar-refractivity contribution in [2.45, 2.75) is 12.8 Å². The summed E-state index contributed by atoms with van der Waals surface area (Å²) in [4.78, 5) is 7.04. The molecule has 8 heteroatoms. The van der Waals surface area contributed by atoms with Crippen molar-refractivity contribution in [2.75, 3.05) is 31.2 Å². The van der Waals surface area contributed by atoms with Gasteiger partial charge < -0.3 is 9.64 Å². The van der Waals surface area contributed by atoms with Gasteiger partial charge in [0.1, 0.15) is 5.82 Å². The van der Waals surface area contributed by atoms with Crippen molar-refractivity contribution in [3.8, 4) is 17.1 Å². The van der Waals surface area contributed by atoms with Crippen LogP contribution in [0, 0.1) is 6.92 Å². The number of alkyl halides is 1. The minimum Gasteiger partial charge on any atom is -0.378 e. The Labute approximate surface area is 173 Å². The van der Waals surface area contributed by atoms with Gasteiger partial charge >= 0.3 is 0 Å². The number of hydrogen-bond acceptors (Lipinski definition) is 5. The average Bonchev–Trinajstić information content (AvgIpc) is 3.41. The van der Waals surface area contributed by atoms with Gasteiger partial charge in [-0.3, -0.25) is 0 Å². The smallest absolute Gasteiger partial charge is 0.160 e. The van der Waals surface area contributed by atoms with E-state index in [1.165, 1.54) is 5.56 Å². The van der Waals surface area contributed by atoms with Crippen LogP contribution in [0.2, 0.25) is 0 Å². The van der Waals surface area contributed by atoms with Crippen molar-refractivity contribution < 1.29 is 4.74 Å². The predicted molar refractivity (Wildman–Crippen MR) is 113 cm³/mol. The molecule has 29 heavy (non-hydrogen) atoms. The highest BCUT2D eigenvalue weighted by molar-refractivity contribution is 6.16. The van der Waals surface area contributed by atoms with E-state index in [0.29, 0.717) is 19.1 Å². The highest BCUT2D eigenvalue weighted by Crippen LogP contribution is 2.24. The van der Waals surface area contributed by atoms with Gasteiger partial charge in [0.25, 0.3) is 0 Å². The second-order valence-corrected chi connectivity index (χ2v) is 7.39. The third-order valence-electron chi connectivity index (χ3n) is 5.06. The molecule has 0 bridgehead atoms. The number of nitrogens with zero attached hydrogens (tertiary/aromatic N) is 6. The Morgan fingerprint density at radius 2 is 1.93 bits per heavy atom. The van der Waals surface area contributed by atoms with Crippen LogP contribution in [0.15, 0.2) is 48.7 Å². The zero-order chi connectivity index (χ0) is 19.8. The molecule has 0 aliphatic carbocycles. The maximum absolute atomic E-state index is 6.02. The van der Waals surface area contributed by atoms with Crippen molar-refractivity contribution in [3.63, 3.8) is 0 Å². The molecule has 0 spiro atoms. The van der Waals surface area contributed by atoms with Gasteiger partial charge in [-0.1, -0.05) is 23.8 Å². The van der Waals surface area contributed by atoms with Crippen molar-refractivity contribution in [1.82, 2.24) is 24.4 Å². The van der Waals surface area contributed by atoms with Crippen LogP contribution in [0.5, 0.6) is 0 Å². The second kappa shape index (κ2) is 7.50. The first-order valence-electron chi connectivity index (χ1n) is 9.63. The Bertz CT molecular complexity index is 1160. The predicted octanol–water partition coefficient (Wildman–Crippen LogP) is 3.47. The summed E-state index contributed by atoms with van der Waals surface area (Å²) in [6.45, 7) is 5.09. The Hall–Kier alpha value is -2.90. The molecule has 3 aromatic heterocycles. The first kappa shape index (κ1) is 18.1. The molecule has 4 aromatic rings. The highest BCUT2D eigenvalue weighted by atomic mass is 35.5. The van der Waals surface area contributed by atoms with Crippen molar-refractivity contribution in [3.05, 3.63) is 59.9 Å². The summed E-state index contributed by atoms with van der Waals surface area (Å²) >= 11 is 6.02. The van der Waals surface area contributed by atoms with Crippen LogP contribution in [0.25, 0.3) is 22.7 Å². The molecule has 5 rings (SSSR count). The number of benzene rings is 1. The Balaban J connectivity index is 1.60. The lowest BCUT2D eigenvalue weighted by atomic mass is 10.1. The molecule has 1 fully saturated rings. The van der Waals surface area contributed by atoms with Gasteiger partial charge in [0.15, 0.2) is 11.5 Å². The van der Waals surface area contributed by atoms with Crippen molar-refractivity contribution in [2.24, 2.45) is 0 Å². The molecule has 0 saturated carbocycles. The van der Waals surface area contributed by atoms with E-state index in [0.717, 1.165) is 47.3 Å². The van der Waals surface area contributed by atoms with Crippen LogP contribution in [0.3, 0.4) is 0 Å². The fourth-order valence-corrected chi connectivity index (χ4v) is 3.73. The summed E-state index contributed by atoms with van der Waals surface area (Å²) in [6.07, 6.45) is 1.94. The summed E-state index contributed by atoms with van der Waals surface area (Å²) in [5, 5.41) is 9.38. The molecule has 0 N–H and O–H groups in total. The third-order valence-corrected chi connectivity index (χ3v) is 5.33. The molecule has 0 unspecified atom stereocenters. The summed E-state index contributed by atoms with van der Waals surface area (Å²) in [7, 11) is 0. The van der Waals surface area contributed by atoms with Gasteiger partial charge in [-0.05, 0) is 19.1 Å². The molecule has 148 valence electrons. The van der Waals surface area contributed by atoms with E-state index in [4.69, 9.17) is 26.4 Å². The first-order valence-corrected chi connectivity index (χ1v) is 10.2. The van der Waals surface area contributed by atoms with E-state index >= 15 is 0 Å². The number of aryl methyl sites for hydroxylation is 1. The van der Waals surface area contributed by atoms with E-state index in [2.05, 4.69) is 35.1 Å². The van der Waals surface area contributed by atoms with E-state index in [1.54, 1.807) is 0 Å². The summed E-state index contributed by atoms with van der Waals surface area (Å²) in [6, 6.07) is 14.3. The number of rotatable bonds is 4. The summed E-state index contributed by atoms with van der Waals surface area (Å²) in [5.41, 5.74) is 4.77. The number of aromatic nitrogens is 5. The van der Waals surface area contributed by atoms with Crippen LogP contribution in [0.4, 0.5) is 5.82 Å². The SMILES string of the molecule is Cc1cccc(-c2ccn(-c3cc(N4CCOCC4)n4nc(CCl)cc4n3)n2)c1. The molecule has 1 aliphatic rings. The zero-order valence-electron chi connectivity index (χ0n) is 16.1. The Morgan fingerprint density at radius 1 is 1.07 bits per heavy atom. The fraction of sp³-hybridized carbons (Fsp3) is 0.286. The highest BCUT2D eigenvalue weighted by Gasteiger charge is 2.18. The maximum Gasteiger partial charge on any atom is 0.160 e. The van der Waals surface area contributed by atoms with Gasteiger partial charge in [-0.25, -0.2) is 9.67 Å². The molecular weight excluding hydrogens is 388 g/mol. The number of anilines is 1. The second-order valence-electron chi connectivity index (χ2n) is 7.13. The van der Waals surface area contributed by atoms with Crippen LogP contribution in [0.1, 0.15) is 11.3 Å². The molecule has 1 aromatic carbocycles. The van der Waals surface area contributed by atoms with Gasteiger partial charge in [0, 0.05) is 37.0 Å². The lowest BCUT2D eigenvalue weighted by molar-refractivity contribution is 0.122. The van der Waals surface area contributed by atoms with Gasteiger partial charge in [0.2, 0.25) is 0 Å². The van der Waals surface area contributed by atoms with Gasteiger partial charge in [-0.2, -0.15) is 14.7 Å². The quantitative estimate of drug-likeness (QED) is 0.484. The molecule has 0 atom stereocenters. The molecule has 1 aliphatic heterocycles.